The second kappa shape index (κ2) is 9.10. The number of carboxylic acid groups (broad SMARTS) is 1. The smallest absolute Gasteiger partial charge is 0.307 e. The Kier molecular flexibility index (Phi) is 5.88. The Bertz CT molecular complexity index is 1190. The summed E-state index contributed by atoms with van der Waals surface area (Å²) >= 11 is 1.67. The minimum Gasteiger partial charge on any atom is -0.481 e. The number of thiazole rings is 1. The molecule has 0 aliphatic carbocycles. The fraction of sp³-hybridized carbons (Fsp3) is 0.231. The lowest BCUT2D eigenvalue weighted by Gasteiger charge is -2.36. The summed E-state index contributed by atoms with van der Waals surface area (Å²) in [6, 6.07) is 25.8. The summed E-state index contributed by atoms with van der Waals surface area (Å²) < 4.78 is 7.22. The fourth-order valence-corrected chi connectivity index (χ4v) is 5.46. The Morgan fingerprint density at radius 2 is 1.81 bits per heavy atom. The molecule has 0 amide bonds. The van der Waals surface area contributed by atoms with Crippen molar-refractivity contribution in [3.8, 4) is 11.5 Å². The van der Waals surface area contributed by atoms with Crippen molar-refractivity contribution in [1.82, 2.24) is 9.88 Å². The van der Waals surface area contributed by atoms with E-state index in [9.17, 15) is 9.90 Å². The molecule has 0 saturated carbocycles. The highest BCUT2D eigenvalue weighted by Crippen LogP contribution is 2.38. The van der Waals surface area contributed by atoms with Gasteiger partial charge in [0, 0.05) is 6.54 Å². The number of rotatable bonds is 6. The molecule has 3 aromatic carbocycles. The summed E-state index contributed by atoms with van der Waals surface area (Å²) in [7, 11) is 0. The predicted octanol–water partition coefficient (Wildman–Crippen LogP) is 5.97. The van der Waals surface area contributed by atoms with Gasteiger partial charge in [0.1, 0.15) is 16.5 Å². The molecule has 5 nitrogen and oxygen atoms in total. The van der Waals surface area contributed by atoms with Crippen LogP contribution in [0, 0.1) is 5.92 Å². The second-order valence-corrected chi connectivity index (χ2v) is 9.14. The molecule has 0 spiro atoms. The van der Waals surface area contributed by atoms with Crippen molar-refractivity contribution < 1.29 is 14.6 Å². The lowest BCUT2D eigenvalue weighted by Crippen LogP contribution is -2.41. The Labute approximate surface area is 190 Å². The summed E-state index contributed by atoms with van der Waals surface area (Å²) in [6.07, 6.45) is 1.58. The van der Waals surface area contributed by atoms with Gasteiger partial charge in [0.2, 0.25) is 0 Å². The third-order valence-electron chi connectivity index (χ3n) is 5.86. The summed E-state index contributed by atoms with van der Waals surface area (Å²) in [5.41, 5.74) is 2.03. The lowest BCUT2D eigenvalue weighted by molar-refractivity contribution is -0.143. The van der Waals surface area contributed by atoms with Gasteiger partial charge in [-0.3, -0.25) is 9.69 Å². The average molecular weight is 445 g/mol. The number of carboxylic acids is 1. The normalized spacial score (nSPS) is 17.8. The van der Waals surface area contributed by atoms with E-state index in [4.69, 9.17) is 9.72 Å². The Hall–Kier alpha value is -3.22. The molecule has 1 saturated heterocycles. The summed E-state index contributed by atoms with van der Waals surface area (Å²) in [5, 5.41) is 10.6. The van der Waals surface area contributed by atoms with E-state index in [-0.39, 0.29) is 12.0 Å². The van der Waals surface area contributed by atoms with Crippen LogP contribution < -0.4 is 4.74 Å². The number of carbonyl (C=O) groups is 1. The maximum absolute atomic E-state index is 11.7. The van der Waals surface area contributed by atoms with Crippen LogP contribution in [0.2, 0.25) is 0 Å². The van der Waals surface area contributed by atoms with E-state index in [0.29, 0.717) is 6.54 Å². The highest BCUT2D eigenvalue weighted by molar-refractivity contribution is 7.18. The minimum atomic E-state index is -0.723. The molecule has 2 heterocycles. The number of para-hydroxylation sites is 2. The first-order chi connectivity index (χ1) is 15.7. The maximum Gasteiger partial charge on any atom is 0.307 e. The molecule has 1 N–H and O–H groups in total. The summed E-state index contributed by atoms with van der Waals surface area (Å²) in [5.74, 6) is 0.458. The highest BCUT2D eigenvalue weighted by Gasteiger charge is 2.33. The molecular formula is C26H24N2O3S. The monoisotopic (exact) mass is 444 g/mol. The third kappa shape index (κ3) is 4.38. The lowest BCUT2D eigenvalue weighted by atomic mass is 9.95. The number of fused-ring (bicyclic) bond motifs is 1. The van der Waals surface area contributed by atoms with E-state index in [1.54, 1.807) is 11.3 Å². The van der Waals surface area contributed by atoms with Crippen LogP contribution in [0.3, 0.4) is 0 Å². The Balaban J connectivity index is 1.53. The van der Waals surface area contributed by atoms with Crippen LogP contribution in [-0.2, 0) is 4.79 Å². The molecule has 1 aromatic heterocycles. The van der Waals surface area contributed by atoms with Crippen molar-refractivity contribution in [2.75, 3.05) is 13.1 Å². The number of aromatic nitrogens is 1. The van der Waals surface area contributed by atoms with Gasteiger partial charge in [0.15, 0.2) is 0 Å². The van der Waals surface area contributed by atoms with Crippen molar-refractivity contribution in [3.05, 3.63) is 89.4 Å². The number of aliphatic carboxylic acids is 1. The van der Waals surface area contributed by atoms with E-state index in [1.165, 1.54) is 0 Å². The fourth-order valence-electron chi connectivity index (χ4n) is 4.33. The van der Waals surface area contributed by atoms with Crippen molar-refractivity contribution in [2.24, 2.45) is 5.92 Å². The van der Waals surface area contributed by atoms with Gasteiger partial charge in [-0.1, -0.05) is 42.5 Å². The van der Waals surface area contributed by atoms with E-state index < -0.39 is 5.97 Å². The standard InChI is InChI=1S/C26H24N2O3S/c29-26(30)19-9-7-15-28(17-19)24(25-27-22-13-4-5-14-23(22)32-25)18-8-6-12-21(16-18)31-20-10-2-1-3-11-20/h1-6,8,10-14,16,19,24H,7,9,15,17H2,(H,29,30). The first-order valence-corrected chi connectivity index (χ1v) is 11.6. The third-order valence-corrected chi connectivity index (χ3v) is 6.95. The van der Waals surface area contributed by atoms with Gasteiger partial charge in [-0.25, -0.2) is 4.98 Å². The van der Waals surface area contributed by atoms with Gasteiger partial charge in [-0.05, 0) is 61.3 Å². The van der Waals surface area contributed by atoms with Gasteiger partial charge >= 0.3 is 5.97 Å². The van der Waals surface area contributed by atoms with Gasteiger partial charge in [-0.15, -0.1) is 11.3 Å². The summed E-state index contributed by atoms with van der Waals surface area (Å²) in [4.78, 5) is 18.9. The molecule has 2 atom stereocenters. The van der Waals surface area contributed by atoms with Crippen LogP contribution in [0.5, 0.6) is 11.5 Å². The van der Waals surface area contributed by atoms with Crippen LogP contribution in [0.4, 0.5) is 0 Å². The molecule has 4 aromatic rings. The number of ether oxygens (including phenoxy) is 1. The number of hydrogen-bond acceptors (Lipinski definition) is 5. The molecule has 1 fully saturated rings. The molecule has 5 rings (SSSR count). The average Bonchev–Trinajstić information content (AvgIpc) is 3.24. The number of likely N-dealkylation sites (tertiary alicyclic amines) is 1. The van der Waals surface area contributed by atoms with E-state index in [1.807, 2.05) is 66.7 Å². The first-order valence-electron chi connectivity index (χ1n) is 10.8. The number of benzene rings is 3. The van der Waals surface area contributed by atoms with Gasteiger partial charge < -0.3 is 9.84 Å². The van der Waals surface area contributed by atoms with Crippen LogP contribution in [0.15, 0.2) is 78.9 Å². The van der Waals surface area contributed by atoms with Gasteiger partial charge in [0.25, 0.3) is 0 Å². The minimum absolute atomic E-state index is 0.117. The Morgan fingerprint density at radius 3 is 2.62 bits per heavy atom. The van der Waals surface area contributed by atoms with Crippen molar-refractivity contribution >= 4 is 27.5 Å². The van der Waals surface area contributed by atoms with Crippen LogP contribution in [0.25, 0.3) is 10.2 Å². The molecule has 1 aliphatic rings. The predicted molar refractivity (Wildman–Crippen MR) is 126 cm³/mol. The SMILES string of the molecule is O=C(O)C1CCCN(C(c2cccc(Oc3ccccc3)c2)c2nc3ccccc3s2)C1. The van der Waals surface area contributed by atoms with E-state index in [0.717, 1.165) is 51.7 Å². The maximum atomic E-state index is 11.7. The van der Waals surface area contributed by atoms with Crippen LogP contribution in [-0.4, -0.2) is 34.0 Å². The zero-order chi connectivity index (χ0) is 21.9. The topological polar surface area (TPSA) is 62.7 Å². The molecule has 162 valence electrons. The molecule has 6 heteroatoms. The number of piperidine rings is 1. The number of nitrogens with zero attached hydrogens (tertiary/aromatic N) is 2. The van der Waals surface area contributed by atoms with E-state index >= 15 is 0 Å². The van der Waals surface area contributed by atoms with Crippen molar-refractivity contribution in [1.29, 1.82) is 0 Å². The van der Waals surface area contributed by atoms with Crippen LogP contribution >= 0.6 is 11.3 Å². The van der Waals surface area contributed by atoms with Crippen molar-refractivity contribution in [2.45, 2.75) is 18.9 Å². The number of hydrogen-bond donors (Lipinski definition) is 1. The Morgan fingerprint density at radius 1 is 1.03 bits per heavy atom. The molecule has 0 radical (unpaired) electrons. The van der Waals surface area contributed by atoms with Gasteiger partial charge in [0.05, 0.1) is 22.2 Å². The molecular weight excluding hydrogens is 420 g/mol. The van der Waals surface area contributed by atoms with Crippen molar-refractivity contribution in [3.63, 3.8) is 0 Å². The molecule has 2 unspecified atom stereocenters. The zero-order valence-corrected chi connectivity index (χ0v) is 18.4. The van der Waals surface area contributed by atoms with E-state index in [2.05, 4.69) is 17.0 Å². The molecule has 32 heavy (non-hydrogen) atoms. The first kappa shape index (κ1) is 20.7. The molecule has 1 aliphatic heterocycles. The second-order valence-electron chi connectivity index (χ2n) is 8.08. The highest BCUT2D eigenvalue weighted by atomic mass is 32.1. The summed E-state index contributed by atoms with van der Waals surface area (Å²) in [6.45, 7) is 1.35. The zero-order valence-electron chi connectivity index (χ0n) is 17.6. The van der Waals surface area contributed by atoms with Gasteiger partial charge in [-0.2, -0.15) is 0 Å². The van der Waals surface area contributed by atoms with Crippen LogP contribution in [0.1, 0.15) is 29.5 Å². The molecule has 0 bridgehead atoms. The quantitative estimate of drug-likeness (QED) is 0.397. The largest absolute Gasteiger partial charge is 0.481 e.